The largest absolute Gasteiger partial charge is 0.240 e. The van der Waals surface area contributed by atoms with Crippen molar-refractivity contribution in [2.75, 3.05) is 0 Å². The number of hydrogen-bond acceptors (Lipinski definition) is 3. The zero-order valence-electron chi connectivity index (χ0n) is 17.8. The van der Waals surface area contributed by atoms with Crippen molar-refractivity contribution in [2.45, 2.75) is 119 Å². The van der Waals surface area contributed by atoms with Crippen LogP contribution in [0.3, 0.4) is 0 Å². The maximum atomic E-state index is 7.43. The first-order valence-electron chi connectivity index (χ1n) is 9.34. The molecule has 23 heavy (non-hydrogen) atoms. The van der Waals surface area contributed by atoms with E-state index >= 15 is 0 Å². The van der Waals surface area contributed by atoms with E-state index in [9.17, 15) is 0 Å². The second-order valence-corrected chi connectivity index (χ2v) is 10.9. The molecule has 0 atom stereocenters. The zero-order valence-corrected chi connectivity index (χ0v) is 18.7. The lowest BCUT2D eigenvalue weighted by Gasteiger charge is -2.52. The summed E-state index contributed by atoms with van der Waals surface area (Å²) in [6, 6.07) is 2.46. The van der Waals surface area contributed by atoms with Gasteiger partial charge in [-0.2, -0.15) is 0 Å². The molecule has 0 N–H and O–H groups in total. The van der Waals surface area contributed by atoms with Crippen molar-refractivity contribution in [2.24, 2.45) is 0 Å². The Labute approximate surface area is 148 Å². The van der Waals surface area contributed by atoms with Crippen LogP contribution < -0.4 is 0 Å². The quantitative estimate of drug-likeness (QED) is 0.491. The summed E-state index contributed by atoms with van der Waals surface area (Å²) in [6.07, 6.45) is 0. The molecule has 0 aromatic rings. The Morgan fingerprint density at radius 3 is 0.652 bits per heavy atom. The predicted octanol–water partition coefficient (Wildman–Crippen LogP) is 5.77. The summed E-state index contributed by atoms with van der Waals surface area (Å²) in [4.78, 5) is 0. The molecule has 4 heteroatoms. The fourth-order valence-electron chi connectivity index (χ4n) is 4.19. The predicted molar refractivity (Wildman–Crippen MR) is 108 cm³/mol. The van der Waals surface area contributed by atoms with Crippen LogP contribution in [0.15, 0.2) is 0 Å². The van der Waals surface area contributed by atoms with Gasteiger partial charge < -0.3 is 0 Å². The summed E-state index contributed by atoms with van der Waals surface area (Å²) in [7, 11) is -2.14. The highest BCUT2D eigenvalue weighted by atomic mass is 31.2. The van der Waals surface area contributed by atoms with Crippen LogP contribution in [-0.2, 0) is 0 Å². The average molecular weight is 345 g/mol. The van der Waals surface area contributed by atoms with Crippen molar-refractivity contribution in [3.63, 3.8) is 0 Å². The molecular weight excluding hydrogens is 301 g/mol. The molecular formula is C19H43N3P+. The van der Waals surface area contributed by atoms with Crippen LogP contribution in [0, 0.1) is 6.66 Å². The summed E-state index contributed by atoms with van der Waals surface area (Å²) in [5.74, 6) is 0. The van der Waals surface area contributed by atoms with Crippen LogP contribution in [0.25, 0.3) is 0 Å². The smallest absolute Gasteiger partial charge is 0.143 e. The molecule has 0 saturated heterocycles. The molecule has 0 aromatic heterocycles. The minimum atomic E-state index is -2.14. The molecule has 0 aliphatic carbocycles. The Morgan fingerprint density at radius 1 is 0.435 bits per heavy atom. The second kappa shape index (κ2) is 9.13. The van der Waals surface area contributed by atoms with E-state index in [0.29, 0.717) is 36.3 Å². The molecule has 0 unspecified atom stereocenters. The molecule has 3 nitrogen and oxygen atoms in total. The fourth-order valence-corrected chi connectivity index (χ4v) is 8.98. The molecule has 2 radical (unpaired) electrons. The van der Waals surface area contributed by atoms with E-state index in [1.807, 2.05) is 0 Å². The molecule has 0 aromatic carbocycles. The van der Waals surface area contributed by atoms with Crippen LogP contribution in [0.1, 0.15) is 83.1 Å². The van der Waals surface area contributed by atoms with Crippen molar-refractivity contribution >= 4 is 7.71 Å². The van der Waals surface area contributed by atoms with E-state index < -0.39 is 7.71 Å². The SMILES string of the molecule is [CH][P+](N(C(C)C)C(C)C)(N(C(C)C)C(C)C)N(C(C)C)C(C)C. The van der Waals surface area contributed by atoms with Gasteiger partial charge in [-0.25, -0.2) is 0 Å². The Hall–Kier alpha value is 0.310. The maximum absolute atomic E-state index is 7.43. The van der Waals surface area contributed by atoms with Crippen LogP contribution in [0.2, 0.25) is 0 Å². The first-order chi connectivity index (χ1) is 10.3. The van der Waals surface area contributed by atoms with E-state index in [0.717, 1.165) is 0 Å². The van der Waals surface area contributed by atoms with E-state index in [1.165, 1.54) is 0 Å². The van der Waals surface area contributed by atoms with Gasteiger partial charge in [0.1, 0.15) is 0 Å². The summed E-state index contributed by atoms with van der Waals surface area (Å²) >= 11 is 0. The maximum Gasteiger partial charge on any atom is 0.240 e. The Kier molecular flexibility index (Phi) is 9.25. The van der Waals surface area contributed by atoms with E-state index in [2.05, 4.69) is 97.1 Å². The summed E-state index contributed by atoms with van der Waals surface area (Å²) < 4.78 is 7.73. The Bertz CT molecular complexity index is 263. The molecule has 138 valence electrons. The normalized spacial score (nSPS) is 14.3. The third kappa shape index (κ3) is 5.14. The van der Waals surface area contributed by atoms with Crippen molar-refractivity contribution < 1.29 is 0 Å². The topological polar surface area (TPSA) is 9.72 Å². The van der Waals surface area contributed by atoms with Gasteiger partial charge in [0.15, 0.2) is 0 Å². The third-order valence-corrected chi connectivity index (χ3v) is 9.00. The fraction of sp³-hybridized carbons (Fsp3) is 0.947. The lowest BCUT2D eigenvalue weighted by Crippen LogP contribution is -2.55. The monoisotopic (exact) mass is 344 g/mol. The lowest BCUT2D eigenvalue weighted by atomic mass is 10.3. The van der Waals surface area contributed by atoms with E-state index in [4.69, 9.17) is 6.66 Å². The minimum absolute atomic E-state index is 0.410. The molecule has 0 aliphatic heterocycles. The van der Waals surface area contributed by atoms with Crippen LogP contribution in [-0.4, -0.2) is 50.3 Å². The lowest BCUT2D eigenvalue weighted by molar-refractivity contribution is 0.186. The van der Waals surface area contributed by atoms with Gasteiger partial charge in [0.25, 0.3) is 0 Å². The molecule has 0 rings (SSSR count). The van der Waals surface area contributed by atoms with Gasteiger partial charge in [-0.1, -0.05) is 0 Å². The average Bonchev–Trinajstić information content (AvgIpc) is 2.23. The van der Waals surface area contributed by atoms with Gasteiger partial charge in [0.05, 0.1) is 0 Å². The van der Waals surface area contributed by atoms with Crippen molar-refractivity contribution in [3.05, 3.63) is 6.66 Å². The van der Waals surface area contributed by atoms with Gasteiger partial charge in [-0.05, 0) is 83.1 Å². The molecule has 0 bridgehead atoms. The second-order valence-electron chi connectivity index (χ2n) is 8.32. The van der Waals surface area contributed by atoms with Gasteiger partial charge >= 0.3 is 0 Å². The highest BCUT2D eigenvalue weighted by Crippen LogP contribution is 2.70. The van der Waals surface area contributed by atoms with Gasteiger partial charge in [0.2, 0.25) is 14.4 Å². The molecule has 0 fully saturated rings. The van der Waals surface area contributed by atoms with Gasteiger partial charge in [0, 0.05) is 36.3 Å². The highest BCUT2D eigenvalue weighted by molar-refractivity contribution is 7.70. The molecule has 0 aliphatic rings. The molecule has 0 heterocycles. The first kappa shape index (κ1) is 23.3. The molecule has 0 saturated carbocycles. The van der Waals surface area contributed by atoms with Gasteiger partial charge in [-0.15, -0.1) is 14.0 Å². The van der Waals surface area contributed by atoms with Crippen LogP contribution in [0.5, 0.6) is 0 Å². The summed E-state index contributed by atoms with van der Waals surface area (Å²) in [6.45, 7) is 34.8. The summed E-state index contributed by atoms with van der Waals surface area (Å²) in [5, 5.41) is 0. The van der Waals surface area contributed by atoms with Crippen molar-refractivity contribution in [1.29, 1.82) is 0 Å². The number of nitrogens with zero attached hydrogens (tertiary/aromatic N) is 3. The molecule has 0 spiro atoms. The Morgan fingerprint density at radius 2 is 0.565 bits per heavy atom. The summed E-state index contributed by atoms with van der Waals surface area (Å²) in [5.41, 5.74) is 0. The molecule has 0 amide bonds. The standard InChI is InChI=1S/C19H43N3P/c1-14(2)20(15(3)4)23(13,21(16(5)6)17(7)8)22(18(9)10)19(11)12/h13-19H,1-12H3/q+1. The minimum Gasteiger partial charge on any atom is -0.143 e. The van der Waals surface area contributed by atoms with Crippen LogP contribution >= 0.6 is 7.71 Å². The third-order valence-electron chi connectivity index (χ3n) is 4.19. The van der Waals surface area contributed by atoms with Crippen molar-refractivity contribution in [1.82, 2.24) is 14.0 Å². The van der Waals surface area contributed by atoms with Crippen molar-refractivity contribution in [3.8, 4) is 0 Å². The van der Waals surface area contributed by atoms with E-state index in [1.54, 1.807) is 0 Å². The Balaban J connectivity index is 6.45. The van der Waals surface area contributed by atoms with E-state index in [-0.39, 0.29) is 0 Å². The van der Waals surface area contributed by atoms with Crippen LogP contribution in [0.4, 0.5) is 0 Å². The van der Waals surface area contributed by atoms with Gasteiger partial charge in [-0.3, -0.25) is 0 Å². The number of hydrogen-bond donors (Lipinski definition) is 0. The number of rotatable bonds is 9. The highest BCUT2D eigenvalue weighted by Gasteiger charge is 2.58. The zero-order chi connectivity index (χ0) is 18.7. The first-order valence-corrected chi connectivity index (χ1v) is 11.1.